The van der Waals surface area contributed by atoms with E-state index in [2.05, 4.69) is 36.3 Å². The maximum atomic E-state index is 6.15. The minimum atomic E-state index is 0.387. The van der Waals surface area contributed by atoms with Gasteiger partial charge in [0, 0.05) is 17.0 Å². The second-order valence-electron chi connectivity index (χ2n) is 4.73. The van der Waals surface area contributed by atoms with Crippen LogP contribution in [0.5, 0.6) is 5.75 Å². The van der Waals surface area contributed by atoms with E-state index >= 15 is 0 Å². The number of nitrogens with two attached hydrogens (primary N) is 1. The lowest BCUT2D eigenvalue weighted by Crippen LogP contribution is -2.30. The highest BCUT2D eigenvalue weighted by Crippen LogP contribution is 2.30. The number of nitrogens with zero attached hydrogens (tertiary/aromatic N) is 1. The summed E-state index contributed by atoms with van der Waals surface area (Å²) in [5.41, 5.74) is 7.96. The topological polar surface area (TPSA) is 38.5 Å². The third-order valence-corrected chi connectivity index (χ3v) is 3.93. The summed E-state index contributed by atoms with van der Waals surface area (Å²) in [6.07, 6.45) is 0. The molecule has 2 rings (SSSR count). The monoisotopic (exact) mass is 276 g/mol. The molecule has 0 unspecified atom stereocenters. The molecule has 0 fully saturated rings. The standard InChI is InChI=1S/C15H20N2OS/c1-11(2)17(10-13-5-4-8-19-13)15-7-6-12(18-3)9-14(15)16/h4-9,11H,10,16H2,1-3H3. The molecule has 1 aromatic heterocycles. The van der Waals surface area contributed by atoms with Crippen LogP contribution in [0.4, 0.5) is 11.4 Å². The maximum Gasteiger partial charge on any atom is 0.121 e. The molecule has 0 saturated heterocycles. The number of benzene rings is 1. The molecule has 1 heterocycles. The van der Waals surface area contributed by atoms with Gasteiger partial charge in [-0.05, 0) is 37.4 Å². The third kappa shape index (κ3) is 3.20. The molecule has 4 heteroatoms. The average Bonchev–Trinajstić information content (AvgIpc) is 2.89. The zero-order valence-corrected chi connectivity index (χ0v) is 12.4. The van der Waals surface area contributed by atoms with Gasteiger partial charge in [-0.25, -0.2) is 0 Å². The van der Waals surface area contributed by atoms with Crippen LogP contribution in [0.3, 0.4) is 0 Å². The lowest BCUT2D eigenvalue weighted by atomic mass is 10.2. The van der Waals surface area contributed by atoms with Crippen LogP contribution < -0.4 is 15.4 Å². The number of hydrogen-bond acceptors (Lipinski definition) is 4. The van der Waals surface area contributed by atoms with Crippen LogP contribution in [0, 0.1) is 0 Å². The predicted molar refractivity (Wildman–Crippen MR) is 83.0 cm³/mol. The zero-order valence-electron chi connectivity index (χ0n) is 11.6. The summed E-state index contributed by atoms with van der Waals surface area (Å²) in [7, 11) is 1.65. The van der Waals surface area contributed by atoms with Gasteiger partial charge in [0.15, 0.2) is 0 Å². The highest BCUT2D eigenvalue weighted by atomic mass is 32.1. The van der Waals surface area contributed by atoms with Gasteiger partial charge in [0.25, 0.3) is 0 Å². The van der Waals surface area contributed by atoms with Gasteiger partial charge in [0.2, 0.25) is 0 Å². The smallest absolute Gasteiger partial charge is 0.121 e. The van der Waals surface area contributed by atoms with Gasteiger partial charge in [-0.15, -0.1) is 11.3 Å². The summed E-state index contributed by atoms with van der Waals surface area (Å²) in [6.45, 7) is 5.24. The van der Waals surface area contributed by atoms with E-state index in [9.17, 15) is 0 Å². The molecule has 3 nitrogen and oxygen atoms in total. The number of ether oxygens (including phenoxy) is 1. The number of hydrogen-bond donors (Lipinski definition) is 1. The molecule has 0 saturated carbocycles. The molecule has 1 aromatic carbocycles. The van der Waals surface area contributed by atoms with E-state index in [1.807, 2.05) is 18.2 Å². The Hall–Kier alpha value is -1.68. The fourth-order valence-corrected chi connectivity index (χ4v) is 2.74. The Morgan fingerprint density at radius 1 is 1.32 bits per heavy atom. The molecular formula is C15H20N2OS. The Balaban J connectivity index is 2.28. The first-order chi connectivity index (χ1) is 9.11. The van der Waals surface area contributed by atoms with Gasteiger partial charge in [-0.3, -0.25) is 0 Å². The van der Waals surface area contributed by atoms with E-state index < -0.39 is 0 Å². The van der Waals surface area contributed by atoms with Crippen molar-refractivity contribution in [2.75, 3.05) is 17.7 Å². The first-order valence-corrected chi connectivity index (χ1v) is 7.22. The fourth-order valence-electron chi connectivity index (χ4n) is 2.04. The normalized spacial score (nSPS) is 10.7. The second kappa shape index (κ2) is 5.97. The SMILES string of the molecule is COc1ccc(N(Cc2cccs2)C(C)C)c(N)c1. The lowest BCUT2D eigenvalue weighted by Gasteiger charge is -2.30. The fraction of sp³-hybridized carbons (Fsp3) is 0.333. The number of anilines is 2. The van der Waals surface area contributed by atoms with Crippen LogP contribution >= 0.6 is 11.3 Å². The van der Waals surface area contributed by atoms with Crippen LogP contribution in [0.1, 0.15) is 18.7 Å². The van der Waals surface area contributed by atoms with Crippen molar-refractivity contribution in [2.24, 2.45) is 0 Å². The van der Waals surface area contributed by atoms with Gasteiger partial charge in [-0.2, -0.15) is 0 Å². The molecule has 102 valence electrons. The Morgan fingerprint density at radius 2 is 2.11 bits per heavy atom. The lowest BCUT2D eigenvalue weighted by molar-refractivity contribution is 0.415. The van der Waals surface area contributed by atoms with Gasteiger partial charge in [-0.1, -0.05) is 6.07 Å². The quantitative estimate of drug-likeness (QED) is 0.845. The van der Waals surface area contributed by atoms with E-state index in [-0.39, 0.29) is 0 Å². The van der Waals surface area contributed by atoms with Crippen LogP contribution in [0.25, 0.3) is 0 Å². The van der Waals surface area contributed by atoms with Gasteiger partial charge < -0.3 is 15.4 Å². The van der Waals surface area contributed by atoms with Gasteiger partial charge in [0.1, 0.15) is 5.75 Å². The molecule has 0 spiro atoms. The molecule has 0 radical (unpaired) electrons. The number of thiophene rings is 1. The molecular weight excluding hydrogens is 256 g/mol. The second-order valence-corrected chi connectivity index (χ2v) is 5.76. The third-order valence-electron chi connectivity index (χ3n) is 3.07. The molecule has 0 aliphatic carbocycles. The molecule has 0 bridgehead atoms. The van der Waals surface area contributed by atoms with Crippen LogP contribution in [-0.2, 0) is 6.54 Å². The Morgan fingerprint density at radius 3 is 2.63 bits per heavy atom. The summed E-state index contributed by atoms with van der Waals surface area (Å²) >= 11 is 1.77. The largest absolute Gasteiger partial charge is 0.497 e. The first-order valence-electron chi connectivity index (χ1n) is 6.34. The molecule has 0 aliphatic heterocycles. The average molecular weight is 276 g/mol. The van der Waals surface area contributed by atoms with E-state index in [0.29, 0.717) is 6.04 Å². The Bertz CT molecular complexity index is 523. The van der Waals surface area contributed by atoms with Crippen molar-refractivity contribution in [3.63, 3.8) is 0 Å². The van der Waals surface area contributed by atoms with Crippen LogP contribution in [-0.4, -0.2) is 13.2 Å². The van der Waals surface area contributed by atoms with E-state index in [1.54, 1.807) is 18.4 Å². The van der Waals surface area contributed by atoms with E-state index in [4.69, 9.17) is 10.5 Å². The molecule has 2 N–H and O–H groups in total. The van der Waals surface area contributed by atoms with Crippen molar-refractivity contribution < 1.29 is 4.74 Å². The molecule has 2 aromatic rings. The molecule has 0 amide bonds. The highest BCUT2D eigenvalue weighted by molar-refractivity contribution is 7.09. The van der Waals surface area contributed by atoms with Gasteiger partial charge >= 0.3 is 0 Å². The Kier molecular flexibility index (Phi) is 4.32. The minimum absolute atomic E-state index is 0.387. The van der Waals surface area contributed by atoms with Gasteiger partial charge in [0.05, 0.1) is 25.0 Å². The summed E-state index contributed by atoms with van der Waals surface area (Å²) < 4.78 is 5.20. The van der Waals surface area contributed by atoms with E-state index in [0.717, 1.165) is 23.7 Å². The Labute approximate surface area is 118 Å². The summed E-state index contributed by atoms with van der Waals surface area (Å²) in [4.78, 5) is 3.64. The van der Waals surface area contributed by atoms with Crippen molar-refractivity contribution in [2.45, 2.75) is 26.4 Å². The number of nitrogen functional groups attached to an aromatic ring is 1. The van der Waals surface area contributed by atoms with Crippen molar-refractivity contribution >= 4 is 22.7 Å². The van der Waals surface area contributed by atoms with Crippen molar-refractivity contribution in [3.8, 4) is 5.75 Å². The summed E-state index contributed by atoms with van der Waals surface area (Å²) in [6, 6.07) is 10.5. The molecule has 19 heavy (non-hydrogen) atoms. The first kappa shape index (κ1) is 13.7. The maximum absolute atomic E-state index is 6.15. The van der Waals surface area contributed by atoms with E-state index in [1.165, 1.54) is 4.88 Å². The van der Waals surface area contributed by atoms with Crippen LogP contribution in [0.15, 0.2) is 35.7 Å². The molecule has 0 atom stereocenters. The van der Waals surface area contributed by atoms with Crippen molar-refractivity contribution in [1.29, 1.82) is 0 Å². The minimum Gasteiger partial charge on any atom is -0.497 e. The zero-order chi connectivity index (χ0) is 13.8. The van der Waals surface area contributed by atoms with Crippen LogP contribution in [0.2, 0.25) is 0 Å². The number of methoxy groups -OCH3 is 1. The molecule has 0 aliphatic rings. The van der Waals surface area contributed by atoms with Crippen molar-refractivity contribution in [3.05, 3.63) is 40.6 Å². The summed E-state index contributed by atoms with van der Waals surface area (Å²) in [5, 5.41) is 2.10. The summed E-state index contributed by atoms with van der Waals surface area (Å²) in [5.74, 6) is 0.793. The van der Waals surface area contributed by atoms with Crippen molar-refractivity contribution in [1.82, 2.24) is 0 Å². The predicted octanol–water partition coefficient (Wildman–Crippen LogP) is 3.75. The number of rotatable bonds is 5. The highest BCUT2D eigenvalue weighted by Gasteiger charge is 2.15.